The highest BCUT2D eigenvalue weighted by atomic mass is 32.2. The first-order valence-electron chi connectivity index (χ1n) is 9.17. The number of piperidine rings is 1. The van der Waals surface area contributed by atoms with Crippen molar-refractivity contribution in [2.24, 2.45) is 0 Å². The third-order valence-corrected chi connectivity index (χ3v) is 5.15. The van der Waals surface area contributed by atoms with Gasteiger partial charge in [-0.2, -0.15) is 0 Å². The van der Waals surface area contributed by atoms with Crippen LogP contribution in [0.4, 0.5) is 16.3 Å². The highest BCUT2D eigenvalue weighted by Gasteiger charge is 2.21. The van der Waals surface area contributed by atoms with Crippen LogP contribution in [0.5, 0.6) is 0 Å². The van der Waals surface area contributed by atoms with Crippen LogP contribution in [0.3, 0.4) is 0 Å². The van der Waals surface area contributed by atoms with Crippen molar-refractivity contribution in [3.8, 4) is 0 Å². The van der Waals surface area contributed by atoms with Gasteiger partial charge in [-0.1, -0.05) is 24.3 Å². The van der Waals surface area contributed by atoms with E-state index in [-0.39, 0.29) is 18.6 Å². The van der Waals surface area contributed by atoms with Crippen LogP contribution in [0.2, 0.25) is 0 Å². The number of sulfonamides is 1. The van der Waals surface area contributed by atoms with Crippen LogP contribution in [-0.4, -0.2) is 44.8 Å². The van der Waals surface area contributed by atoms with Gasteiger partial charge in [-0.05, 0) is 36.6 Å². The van der Waals surface area contributed by atoms with E-state index in [0.29, 0.717) is 11.3 Å². The molecule has 0 atom stereocenters. The summed E-state index contributed by atoms with van der Waals surface area (Å²) in [6, 6.07) is 12.7. The van der Waals surface area contributed by atoms with Gasteiger partial charge in [-0.25, -0.2) is 18.2 Å². The fourth-order valence-corrected chi connectivity index (χ4v) is 3.78. The number of urea groups is 1. The Morgan fingerprint density at radius 1 is 1.14 bits per heavy atom. The van der Waals surface area contributed by atoms with E-state index in [0.717, 1.165) is 38.0 Å². The molecule has 2 amide bonds. The van der Waals surface area contributed by atoms with Crippen molar-refractivity contribution in [1.82, 2.24) is 15.6 Å². The molecule has 9 heteroatoms. The molecule has 3 rings (SSSR count). The molecule has 0 spiro atoms. The normalized spacial score (nSPS) is 15.1. The lowest BCUT2D eigenvalue weighted by Gasteiger charge is -2.33. The van der Waals surface area contributed by atoms with Crippen LogP contribution in [0, 0.1) is 0 Å². The van der Waals surface area contributed by atoms with Crippen molar-refractivity contribution in [2.75, 3.05) is 29.0 Å². The number of nitrogens with one attached hydrogen (secondary N) is 3. The zero-order valence-electron chi connectivity index (χ0n) is 15.8. The summed E-state index contributed by atoms with van der Waals surface area (Å²) in [5, 5.41) is 5.80. The summed E-state index contributed by atoms with van der Waals surface area (Å²) in [5.74, 6) is 0.959. The minimum absolute atomic E-state index is 0.101. The molecule has 0 aliphatic carbocycles. The Labute approximate surface area is 165 Å². The van der Waals surface area contributed by atoms with Gasteiger partial charge in [0.15, 0.2) is 0 Å². The molecule has 2 heterocycles. The number of carbonyl (C=O) groups excluding carboxylic acids is 1. The van der Waals surface area contributed by atoms with Crippen molar-refractivity contribution in [2.45, 2.75) is 25.4 Å². The lowest BCUT2D eigenvalue weighted by molar-refractivity contribution is 0.234. The number of pyridine rings is 1. The quantitative estimate of drug-likeness (QED) is 0.684. The monoisotopic (exact) mass is 403 g/mol. The van der Waals surface area contributed by atoms with E-state index in [9.17, 15) is 13.2 Å². The molecule has 0 unspecified atom stereocenters. The molecule has 0 bridgehead atoms. The van der Waals surface area contributed by atoms with Crippen molar-refractivity contribution in [1.29, 1.82) is 0 Å². The molecular formula is C19H25N5O3S. The van der Waals surface area contributed by atoms with Gasteiger partial charge >= 0.3 is 6.03 Å². The first kappa shape index (κ1) is 19.9. The van der Waals surface area contributed by atoms with E-state index in [1.165, 1.54) is 0 Å². The molecule has 1 aliphatic heterocycles. The number of nitrogens with zero attached hydrogens (tertiary/aromatic N) is 2. The summed E-state index contributed by atoms with van der Waals surface area (Å²) in [7, 11) is -3.38. The Hall–Kier alpha value is -2.81. The molecule has 0 saturated carbocycles. The molecule has 1 aromatic heterocycles. The van der Waals surface area contributed by atoms with Crippen LogP contribution in [-0.2, 0) is 16.6 Å². The number of carbonyl (C=O) groups is 1. The third kappa shape index (κ3) is 5.85. The molecule has 1 aliphatic rings. The number of rotatable bonds is 6. The Morgan fingerprint density at radius 2 is 1.86 bits per heavy atom. The van der Waals surface area contributed by atoms with Gasteiger partial charge < -0.3 is 15.5 Å². The van der Waals surface area contributed by atoms with E-state index < -0.39 is 10.0 Å². The smallest absolute Gasteiger partial charge is 0.315 e. The molecule has 1 aromatic carbocycles. The van der Waals surface area contributed by atoms with Gasteiger partial charge in [0.2, 0.25) is 10.0 Å². The topological polar surface area (TPSA) is 103 Å². The number of hydrogen-bond donors (Lipinski definition) is 3. The Bertz CT molecular complexity index is 897. The minimum atomic E-state index is -3.38. The first-order chi connectivity index (χ1) is 13.4. The molecule has 150 valence electrons. The molecule has 2 aromatic rings. The second kappa shape index (κ2) is 8.92. The largest absolute Gasteiger partial charge is 0.356 e. The minimum Gasteiger partial charge on any atom is -0.356 e. The summed E-state index contributed by atoms with van der Waals surface area (Å²) >= 11 is 0. The summed E-state index contributed by atoms with van der Waals surface area (Å²) in [6.45, 7) is 1.91. The predicted molar refractivity (Wildman–Crippen MR) is 110 cm³/mol. The zero-order valence-corrected chi connectivity index (χ0v) is 16.6. The van der Waals surface area contributed by atoms with E-state index in [4.69, 9.17) is 0 Å². The molecular weight excluding hydrogens is 378 g/mol. The van der Waals surface area contributed by atoms with Crippen LogP contribution >= 0.6 is 0 Å². The maximum Gasteiger partial charge on any atom is 0.315 e. The van der Waals surface area contributed by atoms with Crippen molar-refractivity contribution >= 4 is 27.6 Å². The number of aromatic nitrogens is 1. The summed E-state index contributed by atoms with van der Waals surface area (Å²) in [5.41, 5.74) is 1.17. The second-order valence-corrected chi connectivity index (χ2v) is 8.56. The molecule has 3 N–H and O–H groups in total. The van der Waals surface area contributed by atoms with Crippen molar-refractivity contribution < 1.29 is 13.2 Å². The van der Waals surface area contributed by atoms with Gasteiger partial charge in [0.05, 0.1) is 11.9 Å². The van der Waals surface area contributed by atoms with Crippen LogP contribution in [0.1, 0.15) is 18.4 Å². The highest BCUT2D eigenvalue weighted by molar-refractivity contribution is 7.92. The van der Waals surface area contributed by atoms with Gasteiger partial charge in [-0.3, -0.25) is 4.72 Å². The highest BCUT2D eigenvalue weighted by Crippen LogP contribution is 2.18. The standard InChI is InChI=1S/C19H25N5O3S/c1-28(26,27)23-17-7-3-2-6-15(17)14-21-19(25)22-16-9-12-24(13-10-16)18-8-4-5-11-20-18/h2-8,11,16,23H,9-10,12-14H2,1H3,(H2,21,22,25). The summed E-state index contributed by atoms with van der Waals surface area (Å²) < 4.78 is 25.4. The van der Waals surface area contributed by atoms with E-state index in [2.05, 4.69) is 25.2 Å². The molecule has 28 heavy (non-hydrogen) atoms. The Balaban J connectivity index is 1.47. The lowest BCUT2D eigenvalue weighted by Crippen LogP contribution is -2.48. The Kier molecular flexibility index (Phi) is 6.35. The fourth-order valence-electron chi connectivity index (χ4n) is 3.18. The summed E-state index contributed by atoms with van der Waals surface area (Å²) in [4.78, 5) is 18.8. The number of amides is 2. The van der Waals surface area contributed by atoms with E-state index >= 15 is 0 Å². The van der Waals surface area contributed by atoms with Gasteiger partial charge in [0.25, 0.3) is 0 Å². The van der Waals surface area contributed by atoms with Crippen molar-refractivity contribution in [3.63, 3.8) is 0 Å². The molecule has 1 saturated heterocycles. The van der Waals surface area contributed by atoms with Gasteiger partial charge in [0.1, 0.15) is 5.82 Å². The van der Waals surface area contributed by atoms with Gasteiger partial charge in [-0.15, -0.1) is 0 Å². The van der Waals surface area contributed by atoms with Crippen LogP contribution < -0.4 is 20.3 Å². The van der Waals surface area contributed by atoms with E-state index in [1.807, 2.05) is 18.2 Å². The maximum absolute atomic E-state index is 12.2. The molecule has 1 fully saturated rings. The number of benzene rings is 1. The van der Waals surface area contributed by atoms with Crippen LogP contribution in [0.15, 0.2) is 48.7 Å². The molecule has 0 radical (unpaired) electrons. The fraction of sp³-hybridized carbons (Fsp3) is 0.368. The van der Waals surface area contributed by atoms with Crippen molar-refractivity contribution in [3.05, 3.63) is 54.2 Å². The third-order valence-electron chi connectivity index (χ3n) is 4.56. The van der Waals surface area contributed by atoms with E-state index in [1.54, 1.807) is 30.5 Å². The molecule has 8 nitrogen and oxygen atoms in total. The number of anilines is 2. The Morgan fingerprint density at radius 3 is 2.54 bits per heavy atom. The second-order valence-electron chi connectivity index (χ2n) is 6.81. The summed E-state index contributed by atoms with van der Waals surface area (Å²) in [6.07, 6.45) is 4.57. The average molecular weight is 404 g/mol. The number of para-hydroxylation sites is 1. The van der Waals surface area contributed by atoms with Crippen LogP contribution in [0.25, 0.3) is 0 Å². The average Bonchev–Trinajstić information content (AvgIpc) is 2.67. The number of hydrogen-bond acceptors (Lipinski definition) is 5. The SMILES string of the molecule is CS(=O)(=O)Nc1ccccc1CNC(=O)NC1CCN(c2ccccn2)CC1. The maximum atomic E-state index is 12.2. The van der Waals surface area contributed by atoms with Gasteiger partial charge in [0, 0.05) is 31.9 Å². The lowest BCUT2D eigenvalue weighted by atomic mass is 10.1. The first-order valence-corrected chi connectivity index (χ1v) is 11.1. The zero-order chi connectivity index (χ0) is 20.0. The predicted octanol–water partition coefficient (Wildman–Crippen LogP) is 1.92.